The van der Waals surface area contributed by atoms with Gasteiger partial charge in [-0.2, -0.15) is 5.06 Å². The van der Waals surface area contributed by atoms with Gasteiger partial charge in [-0.1, -0.05) is 27.7 Å². The summed E-state index contributed by atoms with van der Waals surface area (Å²) in [6, 6.07) is 0.477. The molecule has 116 valence electrons. The highest BCUT2D eigenvalue weighted by molar-refractivity contribution is 5.14. The molecular formula is C18H33NO. The average molecular weight is 279 g/mol. The zero-order valence-electron chi connectivity index (χ0n) is 14.4. The molecule has 2 nitrogen and oxygen atoms in total. The van der Waals surface area contributed by atoms with Crippen molar-refractivity contribution in [3.8, 4) is 0 Å². The molecule has 3 rings (SSSR count). The predicted molar refractivity (Wildman–Crippen MR) is 83.1 cm³/mol. The molecule has 2 saturated carbocycles. The van der Waals surface area contributed by atoms with Gasteiger partial charge in [0.25, 0.3) is 0 Å². The van der Waals surface area contributed by atoms with Crippen molar-refractivity contribution in [2.45, 2.75) is 79.0 Å². The van der Waals surface area contributed by atoms with E-state index in [0.29, 0.717) is 18.1 Å². The summed E-state index contributed by atoms with van der Waals surface area (Å²) in [5.74, 6) is 4.86. The highest BCUT2D eigenvalue weighted by atomic mass is 16.7. The third-order valence-corrected chi connectivity index (χ3v) is 6.86. The Morgan fingerprint density at radius 1 is 1.05 bits per heavy atom. The van der Waals surface area contributed by atoms with Crippen LogP contribution >= 0.6 is 0 Å². The lowest BCUT2D eigenvalue weighted by molar-refractivity contribution is -0.220. The van der Waals surface area contributed by atoms with Crippen LogP contribution in [0.25, 0.3) is 0 Å². The van der Waals surface area contributed by atoms with Gasteiger partial charge in [-0.25, -0.2) is 0 Å². The van der Waals surface area contributed by atoms with Gasteiger partial charge in [-0.3, -0.25) is 4.84 Å². The summed E-state index contributed by atoms with van der Waals surface area (Å²) >= 11 is 0. The summed E-state index contributed by atoms with van der Waals surface area (Å²) in [5, 5.41) is 2.37. The Morgan fingerprint density at radius 3 is 2.20 bits per heavy atom. The van der Waals surface area contributed by atoms with Crippen molar-refractivity contribution < 1.29 is 4.84 Å². The van der Waals surface area contributed by atoms with Crippen molar-refractivity contribution in [3.05, 3.63) is 0 Å². The minimum atomic E-state index is 0.214. The Balaban J connectivity index is 1.95. The lowest BCUT2D eigenvalue weighted by Gasteiger charge is -2.45. The zero-order valence-corrected chi connectivity index (χ0v) is 14.4. The molecule has 0 aromatic carbocycles. The van der Waals surface area contributed by atoms with E-state index >= 15 is 0 Å². The van der Waals surface area contributed by atoms with E-state index in [-0.39, 0.29) is 5.54 Å². The molecule has 0 amide bonds. The highest BCUT2D eigenvalue weighted by Gasteiger charge is 2.66. The van der Waals surface area contributed by atoms with E-state index in [9.17, 15) is 0 Å². The van der Waals surface area contributed by atoms with Gasteiger partial charge < -0.3 is 0 Å². The summed E-state index contributed by atoms with van der Waals surface area (Å²) < 4.78 is 0. The quantitative estimate of drug-likeness (QED) is 0.761. The van der Waals surface area contributed by atoms with E-state index in [4.69, 9.17) is 4.84 Å². The van der Waals surface area contributed by atoms with Gasteiger partial charge >= 0.3 is 0 Å². The van der Waals surface area contributed by atoms with Gasteiger partial charge in [0.15, 0.2) is 0 Å². The largest absolute Gasteiger partial charge is 0.294 e. The topological polar surface area (TPSA) is 12.5 Å². The molecule has 2 bridgehead atoms. The number of nitrogens with zero attached hydrogens (tertiary/aromatic N) is 1. The second-order valence-electron chi connectivity index (χ2n) is 8.70. The molecule has 0 aromatic heterocycles. The van der Waals surface area contributed by atoms with Crippen LogP contribution < -0.4 is 0 Å². The second-order valence-corrected chi connectivity index (χ2v) is 8.70. The van der Waals surface area contributed by atoms with Crippen LogP contribution in [0.2, 0.25) is 0 Å². The van der Waals surface area contributed by atoms with Crippen LogP contribution in [0.4, 0.5) is 0 Å². The number of hydroxylamine groups is 2. The number of fused-ring (bicyclic) bond motifs is 5. The van der Waals surface area contributed by atoms with Crippen molar-refractivity contribution >= 4 is 0 Å². The van der Waals surface area contributed by atoms with Crippen molar-refractivity contribution in [3.63, 3.8) is 0 Å². The van der Waals surface area contributed by atoms with E-state index < -0.39 is 0 Å². The lowest BCUT2D eigenvalue weighted by Crippen LogP contribution is -2.54. The smallest absolute Gasteiger partial charge is 0.0871 e. The molecular weight excluding hydrogens is 246 g/mol. The third kappa shape index (κ3) is 1.76. The van der Waals surface area contributed by atoms with Crippen LogP contribution in [-0.2, 0) is 4.84 Å². The molecule has 1 heterocycles. The molecule has 2 aliphatic carbocycles. The molecule has 3 fully saturated rings. The Labute approximate surface area is 125 Å². The van der Waals surface area contributed by atoms with Crippen LogP contribution in [0.3, 0.4) is 0 Å². The van der Waals surface area contributed by atoms with Gasteiger partial charge in [-0.15, -0.1) is 0 Å². The monoisotopic (exact) mass is 279 g/mol. The number of hydrogen-bond donors (Lipinski definition) is 0. The summed E-state index contributed by atoms with van der Waals surface area (Å²) in [4.78, 5) is 6.52. The SMILES string of the molecule is CC(C)C1CC2CC1C1C2ON(C(C)C)C1(C)C(C)C. The molecule has 1 saturated heterocycles. The van der Waals surface area contributed by atoms with Crippen LogP contribution in [0.15, 0.2) is 0 Å². The standard InChI is InChI=1S/C18H33NO/c1-10(2)14-8-13-9-15(14)16-17(13)20-19(12(5)6)18(16,7)11(3)4/h10-17H,8-9H2,1-7H3. The van der Waals surface area contributed by atoms with Crippen LogP contribution in [0.5, 0.6) is 0 Å². The van der Waals surface area contributed by atoms with Crippen molar-refractivity contribution in [2.24, 2.45) is 35.5 Å². The van der Waals surface area contributed by atoms with E-state index in [1.54, 1.807) is 0 Å². The van der Waals surface area contributed by atoms with Crippen LogP contribution in [-0.4, -0.2) is 22.7 Å². The van der Waals surface area contributed by atoms with Gasteiger partial charge in [0.2, 0.25) is 0 Å². The van der Waals surface area contributed by atoms with Crippen LogP contribution in [0, 0.1) is 35.5 Å². The summed E-state index contributed by atoms with van der Waals surface area (Å²) in [5.41, 5.74) is 0.214. The van der Waals surface area contributed by atoms with Crippen LogP contribution in [0.1, 0.15) is 61.3 Å². The fraction of sp³-hybridized carbons (Fsp3) is 1.00. The van der Waals surface area contributed by atoms with Crippen molar-refractivity contribution in [1.29, 1.82) is 0 Å². The van der Waals surface area contributed by atoms with E-state index in [1.807, 2.05) is 0 Å². The molecule has 0 aromatic rings. The number of rotatable bonds is 3. The Bertz CT molecular complexity index is 378. The molecule has 0 spiro atoms. The lowest BCUT2D eigenvalue weighted by atomic mass is 9.64. The Hall–Kier alpha value is -0.0800. The van der Waals surface area contributed by atoms with Gasteiger partial charge in [0.05, 0.1) is 11.6 Å². The second kappa shape index (κ2) is 4.71. The Morgan fingerprint density at radius 2 is 1.70 bits per heavy atom. The molecule has 6 unspecified atom stereocenters. The minimum absolute atomic E-state index is 0.214. The minimum Gasteiger partial charge on any atom is -0.294 e. The van der Waals surface area contributed by atoms with E-state index in [2.05, 4.69) is 53.5 Å². The van der Waals surface area contributed by atoms with Crippen molar-refractivity contribution in [2.75, 3.05) is 0 Å². The molecule has 0 N–H and O–H groups in total. The third-order valence-electron chi connectivity index (χ3n) is 6.86. The molecule has 1 aliphatic heterocycles. The maximum atomic E-state index is 6.52. The normalized spacial score (nSPS) is 48.0. The first-order valence-electron chi connectivity index (χ1n) is 8.74. The predicted octanol–water partition coefficient (Wildman–Crippen LogP) is 4.35. The van der Waals surface area contributed by atoms with Gasteiger partial charge in [0.1, 0.15) is 0 Å². The zero-order chi connectivity index (χ0) is 14.8. The fourth-order valence-corrected chi connectivity index (χ4v) is 5.76. The summed E-state index contributed by atoms with van der Waals surface area (Å²) in [7, 11) is 0. The molecule has 0 radical (unpaired) electrons. The maximum Gasteiger partial charge on any atom is 0.0871 e. The van der Waals surface area contributed by atoms with E-state index in [0.717, 1.165) is 29.6 Å². The van der Waals surface area contributed by atoms with Gasteiger partial charge in [0, 0.05) is 12.0 Å². The fourth-order valence-electron chi connectivity index (χ4n) is 5.76. The highest BCUT2D eigenvalue weighted by Crippen LogP contribution is 2.63. The van der Waals surface area contributed by atoms with Gasteiger partial charge in [-0.05, 0) is 63.2 Å². The van der Waals surface area contributed by atoms with E-state index in [1.165, 1.54) is 12.8 Å². The molecule has 2 heteroatoms. The molecule has 3 aliphatic rings. The summed E-state index contributed by atoms with van der Waals surface area (Å²) in [6.07, 6.45) is 3.33. The maximum absolute atomic E-state index is 6.52. The average Bonchev–Trinajstić information content (AvgIpc) is 2.98. The first kappa shape index (κ1) is 14.8. The first-order valence-corrected chi connectivity index (χ1v) is 8.74. The first-order chi connectivity index (χ1) is 9.28. The van der Waals surface area contributed by atoms with Crippen molar-refractivity contribution in [1.82, 2.24) is 5.06 Å². The molecule has 20 heavy (non-hydrogen) atoms. The molecule has 6 atom stereocenters. The Kier molecular flexibility index (Phi) is 3.49. The summed E-state index contributed by atoms with van der Waals surface area (Å²) in [6.45, 7) is 16.6. The number of hydrogen-bond acceptors (Lipinski definition) is 2.